The lowest BCUT2D eigenvalue weighted by Gasteiger charge is -2.25. The molecular weight excluding hydrogens is 212 g/mol. The molecule has 14 heavy (non-hydrogen) atoms. The van der Waals surface area contributed by atoms with Crippen LogP contribution in [0, 0.1) is 17.3 Å². The number of hydrogen-bond acceptors (Lipinski definition) is 1. The number of halogens is 6. The Labute approximate surface area is 74.8 Å². The van der Waals surface area contributed by atoms with Crippen molar-refractivity contribution < 1.29 is 26.3 Å². The SMILES string of the molecule is FC(F)(F)C1(C(F)(F)F)[C@@H]2C=NC[C@@H]21. The highest BCUT2D eigenvalue weighted by atomic mass is 19.4. The fraction of sp³-hybridized carbons (Fsp3) is 0.857. The molecule has 0 amide bonds. The van der Waals surface area contributed by atoms with Gasteiger partial charge in [0.15, 0.2) is 5.41 Å². The van der Waals surface area contributed by atoms with Crippen LogP contribution in [0.4, 0.5) is 26.3 Å². The minimum Gasteiger partial charge on any atom is -0.297 e. The van der Waals surface area contributed by atoms with E-state index in [9.17, 15) is 26.3 Å². The van der Waals surface area contributed by atoms with E-state index in [1.54, 1.807) is 0 Å². The van der Waals surface area contributed by atoms with Gasteiger partial charge in [0.2, 0.25) is 0 Å². The van der Waals surface area contributed by atoms with Gasteiger partial charge in [0.05, 0.1) is 0 Å². The molecule has 0 spiro atoms. The van der Waals surface area contributed by atoms with Gasteiger partial charge >= 0.3 is 12.4 Å². The Balaban J connectivity index is 2.40. The van der Waals surface area contributed by atoms with E-state index in [0.717, 1.165) is 6.21 Å². The molecule has 0 aromatic carbocycles. The van der Waals surface area contributed by atoms with Crippen molar-refractivity contribution in [2.75, 3.05) is 6.54 Å². The summed E-state index contributed by atoms with van der Waals surface area (Å²) in [6, 6.07) is 0. The fourth-order valence-electron chi connectivity index (χ4n) is 2.22. The lowest BCUT2D eigenvalue weighted by atomic mass is 9.99. The average molecular weight is 217 g/mol. The van der Waals surface area contributed by atoms with Crippen LogP contribution in [0.25, 0.3) is 0 Å². The summed E-state index contributed by atoms with van der Waals surface area (Å²) in [5.74, 6) is -2.93. The van der Waals surface area contributed by atoms with Crippen molar-refractivity contribution in [3.8, 4) is 0 Å². The van der Waals surface area contributed by atoms with Crippen molar-refractivity contribution in [3.63, 3.8) is 0 Å². The van der Waals surface area contributed by atoms with Crippen LogP contribution in [0.1, 0.15) is 0 Å². The standard InChI is InChI=1S/C7H5F6N/c8-6(9,10)5(7(11,12)13)3-1-14-2-4(3)5/h1,3-4H,2H2/t3-,4+/m1/s1. The van der Waals surface area contributed by atoms with Gasteiger partial charge in [0, 0.05) is 24.6 Å². The van der Waals surface area contributed by atoms with Gasteiger partial charge in [-0.15, -0.1) is 0 Å². The Kier molecular flexibility index (Phi) is 1.57. The number of fused-ring (bicyclic) bond motifs is 1. The predicted molar refractivity (Wildman–Crippen MR) is 34.9 cm³/mol. The van der Waals surface area contributed by atoms with Crippen LogP contribution in [-0.2, 0) is 0 Å². The number of rotatable bonds is 0. The van der Waals surface area contributed by atoms with Gasteiger partial charge in [-0.2, -0.15) is 26.3 Å². The lowest BCUT2D eigenvalue weighted by Crippen LogP contribution is -2.42. The number of aliphatic imine (C=N–C) groups is 1. The van der Waals surface area contributed by atoms with E-state index in [1.807, 2.05) is 0 Å². The fourth-order valence-corrected chi connectivity index (χ4v) is 2.22. The van der Waals surface area contributed by atoms with Crippen LogP contribution in [0.3, 0.4) is 0 Å². The van der Waals surface area contributed by atoms with Crippen molar-refractivity contribution in [3.05, 3.63) is 0 Å². The maximum absolute atomic E-state index is 12.3. The molecule has 2 atom stereocenters. The molecule has 1 aliphatic carbocycles. The summed E-state index contributed by atoms with van der Waals surface area (Å²) < 4.78 is 74.0. The lowest BCUT2D eigenvalue weighted by molar-refractivity contribution is -0.308. The molecule has 1 fully saturated rings. The molecule has 7 heteroatoms. The summed E-state index contributed by atoms with van der Waals surface area (Å²) in [6.07, 6.45) is -9.67. The summed E-state index contributed by atoms with van der Waals surface area (Å²) in [5.41, 5.74) is -3.51. The average Bonchev–Trinajstić information content (AvgIpc) is 2.38. The second kappa shape index (κ2) is 2.25. The monoisotopic (exact) mass is 217 g/mol. The van der Waals surface area contributed by atoms with Gasteiger partial charge in [-0.05, 0) is 0 Å². The topological polar surface area (TPSA) is 12.4 Å². The molecule has 1 saturated carbocycles. The zero-order valence-electron chi connectivity index (χ0n) is 6.65. The zero-order valence-corrected chi connectivity index (χ0v) is 6.65. The molecule has 2 rings (SSSR count). The first-order valence-corrected chi connectivity index (χ1v) is 3.86. The Morgan fingerprint density at radius 2 is 1.57 bits per heavy atom. The van der Waals surface area contributed by atoms with Crippen molar-refractivity contribution in [2.24, 2.45) is 22.2 Å². The Morgan fingerprint density at radius 1 is 1.07 bits per heavy atom. The van der Waals surface area contributed by atoms with E-state index in [1.165, 1.54) is 0 Å². The molecule has 1 aliphatic heterocycles. The van der Waals surface area contributed by atoms with Gasteiger partial charge in [-0.25, -0.2) is 0 Å². The number of hydrogen-bond donors (Lipinski definition) is 0. The maximum atomic E-state index is 12.3. The third kappa shape index (κ3) is 0.852. The maximum Gasteiger partial charge on any atom is 0.404 e. The highest BCUT2D eigenvalue weighted by Gasteiger charge is 2.89. The molecule has 0 saturated heterocycles. The molecule has 0 N–H and O–H groups in total. The first kappa shape index (κ1) is 9.79. The van der Waals surface area contributed by atoms with E-state index >= 15 is 0 Å². The quantitative estimate of drug-likeness (QED) is 0.552. The minimum atomic E-state index is -5.23. The number of nitrogens with zero attached hydrogens (tertiary/aromatic N) is 1. The molecule has 1 nitrogen and oxygen atoms in total. The summed E-state index contributed by atoms with van der Waals surface area (Å²) in [5, 5.41) is 0. The molecule has 1 heterocycles. The molecule has 80 valence electrons. The van der Waals surface area contributed by atoms with Crippen molar-refractivity contribution in [1.29, 1.82) is 0 Å². The predicted octanol–water partition coefficient (Wildman–Crippen LogP) is 2.43. The van der Waals surface area contributed by atoms with Crippen LogP contribution >= 0.6 is 0 Å². The summed E-state index contributed by atoms with van der Waals surface area (Å²) >= 11 is 0. The first-order chi connectivity index (χ1) is 6.23. The van der Waals surface area contributed by atoms with E-state index in [4.69, 9.17) is 0 Å². The van der Waals surface area contributed by atoms with Crippen LogP contribution in [-0.4, -0.2) is 25.1 Å². The van der Waals surface area contributed by atoms with Gasteiger partial charge < -0.3 is 0 Å². The van der Waals surface area contributed by atoms with Crippen molar-refractivity contribution in [2.45, 2.75) is 12.4 Å². The third-order valence-corrected chi connectivity index (χ3v) is 2.94. The van der Waals surface area contributed by atoms with Crippen molar-refractivity contribution >= 4 is 6.21 Å². The van der Waals surface area contributed by atoms with Crippen LogP contribution < -0.4 is 0 Å². The largest absolute Gasteiger partial charge is 0.404 e. The Morgan fingerprint density at radius 3 is 1.79 bits per heavy atom. The van der Waals surface area contributed by atoms with Gasteiger partial charge in [0.25, 0.3) is 0 Å². The molecular formula is C7H5F6N. The smallest absolute Gasteiger partial charge is 0.297 e. The van der Waals surface area contributed by atoms with E-state index < -0.39 is 29.6 Å². The Bertz CT molecular complexity index is 274. The summed E-state index contributed by atoms with van der Waals surface area (Å²) in [6.45, 7) is -0.371. The van der Waals surface area contributed by atoms with E-state index in [2.05, 4.69) is 4.99 Å². The second-order valence-corrected chi connectivity index (χ2v) is 3.51. The highest BCUT2D eigenvalue weighted by Crippen LogP contribution is 2.74. The Hall–Kier alpha value is -0.750. The van der Waals surface area contributed by atoms with Crippen LogP contribution in [0.15, 0.2) is 4.99 Å². The molecule has 0 unspecified atom stereocenters. The molecule has 0 bridgehead atoms. The third-order valence-electron chi connectivity index (χ3n) is 2.94. The highest BCUT2D eigenvalue weighted by molar-refractivity contribution is 5.71. The first-order valence-electron chi connectivity index (χ1n) is 3.86. The van der Waals surface area contributed by atoms with Crippen LogP contribution in [0.2, 0.25) is 0 Å². The summed E-state index contributed by atoms with van der Waals surface area (Å²) in [4.78, 5) is 3.41. The normalized spacial score (nSPS) is 34.4. The minimum absolute atomic E-state index is 0.371. The molecule has 2 aliphatic rings. The van der Waals surface area contributed by atoms with E-state index in [-0.39, 0.29) is 6.54 Å². The van der Waals surface area contributed by atoms with Gasteiger partial charge in [-0.3, -0.25) is 4.99 Å². The molecule has 0 radical (unpaired) electrons. The second-order valence-electron chi connectivity index (χ2n) is 3.51. The summed E-state index contributed by atoms with van der Waals surface area (Å²) in [7, 11) is 0. The van der Waals surface area contributed by atoms with Gasteiger partial charge in [-0.1, -0.05) is 0 Å². The molecule has 0 aromatic rings. The van der Waals surface area contributed by atoms with Gasteiger partial charge in [0.1, 0.15) is 0 Å². The number of alkyl halides is 6. The van der Waals surface area contributed by atoms with Crippen molar-refractivity contribution in [1.82, 2.24) is 0 Å². The van der Waals surface area contributed by atoms with E-state index in [0.29, 0.717) is 0 Å². The zero-order chi connectivity index (χ0) is 10.8. The molecule has 0 aromatic heterocycles. The van der Waals surface area contributed by atoms with Crippen LogP contribution in [0.5, 0.6) is 0 Å².